The van der Waals surface area contributed by atoms with Crippen molar-refractivity contribution >= 4 is 27.5 Å². The van der Waals surface area contributed by atoms with Gasteiger partial charge in [-0.2, -0.15) is 5.10 Å². The van der Waals surface area contributed by atoms with Gasteiger partial charge in [0.2, 0.25) is 0 Å². The van der Waals surface area contributed by atoms with Crippen molar-refractivity contribution in [2.45, 2.75) is 6.92 Å². The quantitative estimate of drug-likeness (QED) is 0.779. The first-order valence-electron chi connectivity index (χ1n) is 4.55. The van der Waals surface area contributed by atoms with E-state index < -0.39 is 0 Å². The van der Waals surface area contributed by atoms with Gasteiger partial charge >= 0.3 is 0 Å². The van der Waals surface area contributed by atoms with Gasteiger partial charge in [-0.05, 0) is 28.9 Å². The molecule has 0 aliphatic carbocycles. The summed E-state index contributed by atoms with van der Waals surface area (Å²) >= 11 is 9.68. The normalized spacial score (nSPS) is 10.7. The molecule has 15 heavy (non-hydrogen) atoms. The molecule has 1 heterocycles. The van der Waals surface area contributed by atoms with Gasteiger partial charge in [-0.1, -0.05) is 29.8 Å². The van der Waals surface area contributed by atoms with Crippen LogP contribution in [-0.4, -0.2) is 9.78 Å². The maximum atomic E-state index is 6.15. The van der Waals surface area contributed by atoms with E-state index in [2.05, 4.69) is 21.0 Å². The molecule has 0 unspecified atom stereocenters. The largest absolute Gasteiger partial charge is 0.266 e. The second kappa shape index (κ2) is 3.99. The predicted octanol–water partition coefficient (Wildman–Crippen LogP) is 3.81. The molecular weight excluding hydrogens is 275 g/mol. The van der Waals surface area contributed by atoms with Crippen molar-refractivity contribution in [3.05, 3.63) is 39.5 Å². The highest BCUT2D eigenvalue weighted by Gasteiger charge is 2.14. The molecule has 0 bridgehead atoms. The minimum atomic E-state index is 0.737. The summed E-state index contributed by atoms with van der Waals surface area (Å²) in [6, 6.07) is 7.76. The van der Waals surface area contributed by atoms with Gasteiger partial charge in [-0.25, -0.2) is 0 Å². The number of aryl methyl sites for hydroxylation is 2. The van der Waals surface area contributed by atoms with Crippen molar-refractivity contribution in [1.29, 1.82) is 0 Å². The number of halogens is 2. The molecule has 2 aromatic rings. The molecule has 0 radical (unpaired) electrons. The lowest BCUT2D eigenvalue weighted by Crippen LogP contribution is -1.94. The fourth-order valence-corrected chi connectivity index (χ4v) is 2.35. The Morgan fingerprint density at radius 1 is 1.33 bits per heavy atom. The van der Waals surface area contributed by atoms with Crippen LogP contribution in [0.2, 0.25) is 5.02 Å². The maximum Gasteiger partial charge on any atom is 0.0839 e. The lowest BCUT2D eigenvalue weighted by atomic mass is 10.1. The van der Waals surface area contributed by atoms with Gasteiger partial charge in [0, 0.05) is 17.6 Å². The molecule has 78 valence electrons. The average Bonchev–Trinajstić information content (AvgIpc) is 2.43. The van der Waals surface area contributed by atoms with Crippen LogP contribution in [0.15, 0.2) is 28.7 Å². The highest BCUT2D eigenvalue weighted by Crippen LogP contribution is 2.34. The molecule has 0 saturated carbocycles. The second-order valence-electron chi connectivity index (χ2n) is 3.35. The van der Waals surface area contributed by atoms with E-state index in [0.717, 1.165) is 26.4 Å². The lowest BCUT2D eigenvalue weighted by molar-refractivity contribution is 0.764. The summed E-state index contributed by atoms with van der Waals surface area (Å²) < 4.78 is 2.83. The Labute approximate surface area is 102 Å². The van der Waals surface area contributed by atoms with E-state index in [4.69, 9.17) is 11.6 Å². The average molecular weight is 286 g/mol. The van der Waals surface area contributed by atoms with Crippen molar-refractivity contribution in [2.75, 3.05) is 0 Å². The van der Waals surface area contributed by atoms with Gasteiger partial charge in [0.15, 0.2) is 0 Å². The van der Waals surface area contributed by atoms with Gasteiger partial charge in [-0.3, -0.25) is 4.68 Å². The molecule has 1 aromatic heterocycles. The molecule has 2 nitrogen and oxygen atoms in total. The molecular formula is C11H10BrClN2. The van der Waals surface area contributed by atoms with Crippen LogP contribution < -0.4 is 0 Å². The molecule has 0 amide bonds. The van der Waals surface area contributed by atoms with E-state index in [1.165, 1.54) is 0 Å². The number of hydrogen-bond acceptors (Lipinski definition) is 1. The Balaban J connectivity index is 2.69. The zero-order valence-electron chi connectivity index (χ0n) is 8.46. The molecule has 0 aliphatic rings. The molecule has 0 aliphatic heterocycles. The van der Waals surface area contributed by atoms with Crippen LogP contribution in [-0.2, 0) is 7.05 Å². The number of aromatic nitrogens is 2. The Morgan fingerprint density at radius 2 is 2.00 bits per heavy atom. The second-order valence-corrected chi connectivity index (χ2v) is 4.55. The Bertz CT molecular complexity index is 505. The predicted molar refractivity (Wildman–Crippen MR) is 66.1 cm³/mol. The number of benzene rings is 1. The minimum absolute atomic E-state index is 0.737. The summed E-state index contributed by atoms with van der Waals surface area (Å²) in [5, 5.41) is 5.08. The zero-order chi connectivity index (χ0) is 11.0. The summed E-state index contributed by atoms with van der Waals surface area (Å²) in [7, 11) is 1.91. The third kappa shape index (κ3) is 1.82. The standard InChI is InChI=1S/C11H10BrClN2/c1-7-10(12)11(15(2)14-7)8-5-3-4-6-9(8)13/h3-6H,1-2H3. The molecule has 0 N–H and O–H groups in total. The van der Waals surface area contributed by atoms with E-state index in [9.17, 15) is 0 Å². The maximum absolute atomic E-state index is 6.15. The van der Waals surface area contributed by atoms with Gasteiger partial charge < -0.3 is 0 Å². The fraction of sp³-hybridized carbons (Fsp3) is 0.182. The van der Waals surface area contributed by atoms with E-state index in [1.807, 2.05) is 42.9 Å². The molecule has 1 aromatic carbocycles. The SMILES string of the molecule is Cc1nn(C)c(-c2ccccc2Cl)c1Br. The van der Waals surface area contributed by atoms with Gasteiger partial charge in [0.05, 0.1) is 15.9 Å². The van der Waals surface area contributed by atoms with Crippen molar-refractivity contribution in [3.63, 3.8) is 0 Å². The van der Waals surface area contributed by atoms with E-state index in [1.54, 1.807) is 0 Å². The first-order valence-corrected chi connectivity index (χ1v) is 5.72. The van der Waals surface area contributed by atoms with Crippen LogP contribution >= 0.6 is 27.5 Å². The monoisotopic (exact) mass is 284 g/mol. The number of hydrogen-bond donors (Lipinski definition) is 0. The molecule has 2 rings (SSSR count). The molecule has 0 fully saturated rings. The summed E-state index contributed by atoms with van der Waals surface area (Å²) in [5.74, 6) is 0. The Kier molecular flexibility index (Phi) is 2.85. The van der Waals surface area contributed by atoms with Crippen molar-refractivity contribution in [3.8, 4) is 11.3 Å². The van der Waals surface area contributed by atoms with Crippen LogP contribution in [0.4, 0.5) is 0 Å². The molecule has 0 atom stereocenters. The first-order chi connectivity index (χ1) is 7.11. The van der Waals surface area contributed by atoms with Crippen LogP contribution in [0.5, 0.6) is 0 Å². The van der Waals surface area contributed by atoms with Crippen LogP contribution in [0, 0.1) is 6.92 Å². The summed E-state index contributed by atoms with van der Waals surface area (Å²) in [6.07, 6.45) is 0. The first kappa shape index (κ1) is 10.7. The highest BCUT2D eigenvalue weighted by atomic mass is 79.9. The van der Waals surface area contributed by atoms with E-state index >= 15 is 0 Å². The Morgan fingerprint density at radius 3 is 2.53 bits per heavy atom. The van der Waals surface area contributed by atoms with Gasteiger partial charge in [0.25, 0.3) is 0 Å². The van der Waals surface area contributed by atoms with E-state index in [0.29, 0.717) is 0 Å². The topological polar surface area (TPSA) is 17.8 Å². The number of rotatable bonds is 1. The third-order valence-corrected chi connectivity index (χ3v) is 3.56. The van der Waals surface area contributed by atoms with Crippen molar-refractivity contribution in [2.24, 2.45) is 7.05 Å². The Hall–Kier alpha value is -0.800. The van der Waals surface area contributed by atoms with Gasteiger partial charge in [-0.15, -0.1) is 0 Å². The molecule has 4 heteroatoms. The van der Waals surface area contributed by atoms with Crippen LogP contribution in [0.1, 0.15) is 5.69 Å². The summed E-state index contributed by atoms with van der Waals surface area (Å²) in [5.41, 5.74) is 2.97. The summed E-state index contributed by atoms with van der Waals surface area (Å²) in [4.78, 5) is 0. The number of nitrogens with zero attached hydrogens (tertiary/aromatic N) is 2. The van der Waals surface area contributed by atoms with Crippen LogP contribution in [0.3, 0.4) is 0 Å². The smallest absolute Gasteiger partial charge is 0.0839 e. The minimum Gasteiger partial charge on any atom is -0.266 e. The van der Waals surface area contributed by atoms with Crippen molar-refractivity contribution < 1.29 is 0 Å². The lowest BCUT2D eigenvalue weighted by Gasteiger charge is -2.04. The molecule has 0 saturated heterocycles. The van der Waals surface area contributed by atoms with E-state index in [-0.39, 0.29) is 0 Å². The summed E-state index contributed by atoms with van der Waals surface area (Å²) in [6.45, 7) is 1.96. The zero-order valence-corrected chi connectivity index (χ0v) is 10.8. The highest BCUT2D eigenvalue weighted by molar-refractivity contribution is 9.10. The van der Waals surface area contributed by atoms with Gasteiger partial charge in [0.1, 0.15) is 0 Å². The van der Waals surface area contributed by atoms with Crippen molar-refractivity contribution in [1.82, 2.24) is 9.78 Å². The van der Waals surface area contributed by atoms with Crippen LogP contribution in [0.25, 0.3) is 11.3 Å². The third-order valence-electron chi connectivity index (χ3n) is 2.28. The molecule has 0 spiro atoms. The fourth-order valence-electron chi connectivity index (χ4n) is 1.58.